The van der Waals surface area contributed by atoms with Crippen LogP contribution in [0.3, 0.4) is 0 Å². The van der Waals surface area contributed by atoms with Crippen molar-refractivity contribution in [3.63, 3.8) is 0 Å². The second-order valence-electron chi connectivity index (χ2n) is 6.78. The zero-order valence-electron chi connectivity index (χ0n) is 18.0. The lowest BCUT2D eigenvalue weighted by Crippen LogP contribution is -2.25. The van der Waals surface area contributed by atoms with Crippen LogP contribution in [0, 0.1) is 0 Å². The van der Waals surface area contributed by atoms with Gasteiger partial charge in [-0.15, -0.1) is 0 Å². The minimum atomic E-state index is -0.788. The number of carbonyl (C=O) groups is 1. The van der Waals surface area contributed by atoms with Crippen LogP contribution in [0.4, 0.5) is 0 Å². The Balaban J connectivity index is 3.52. The largest absolute Gasteiger partial charge is 0.457 e. The van der Waals surface area contributed by atoms with E-state index in [1.165, 1.54) is 0 Å². The van der Waals surface area contributed by atoms with Crippen LogP contribution in [-0.2, 0) is 9.53 Å². The number of unbranched alkanes of at least 4 members (excludes halogenated alkanes) is 3. The van der Waals surface area contributed by atoms with Crippen LogP contribution in [0.25, 0.3) is 0 Å². The molecule has 0 atom stereocenters. The SMILES string of the molecule is CCC=CCC=CCC=CCC=CCC=CCCCCCC(=O)OC(CO)CO. The van der Waals surface area contributed by atoms with E-state index in [0.29, 0.717) is 6.42 Å². The molecule has 4 nitrogen and oxygen atoms in total. The van der Waals surface area contributed by atoms with Crippen molar-refractivity contribution in [2.24, 2.45) is 0 Å². The molecule has 29 heavy (non-hydrogen) atoms. The van der Waals surface area contributed by atoms with Crippen LogP contribution in [0.1, 0.15) is 71.1 Å². The number of rotatable bonds is 18. The molecule has 0 aliphatic rings. The van der Waals surface area contributed by atoms with Crippen LogP contribution in [-0.4, -0.2) is 35.5 Å². The predicted octanol–water partition coefficient (Wildman–Crippen LogP) is 5.58. The first-order valence-electron chi connectivity index (χ1n) is 10.9. The Kier molecular flexibility index (Phi) is 20.9. The summed E-state index contributed by atoms with van der Waals surface area (Å²) in [7, 11) is 0. The summed E-state index contributed by atoms with van der Waals surface area (Å²) in [6.07, 6.45) is 30.3. The molecule has 0 aromatic heterocycles. The summed E-state index contributed by atoms with van der Waals surface area (Å²) < 4.78 is 4.91. The maximum Gasteiger partial charge on any atom is 0.306 e. The zero-order chi connectivity index (χ0) is 21.4. The Labute approximate surface area is 177 Å². The van der Waals surface area contributed by atoms with Gasteiger partial charge in [0.1, 0.15) is 6.10 Å². The fraction of sp³-hybridized carbons (Fsp3) is 0.560. The van der Waals surface area contributed by atoms with Crippen LogP contribution < -0.4 is 0 Å². The minimum Gasteiger partial charge on any atom is -0.457 e. The third-order valence-electron chi connectivity index (χ3n) is 4.11. The molecule has 0 aliphatic carbocycles. The molecular formula is C25H40O4. The monoisotopic (exact) mass is 404 g/mol. The van der Waals surface area contributed by atoms with Gasteiger partial charge >= 0.3 is 5.97 Å². The number of hydrogen-bond donors (Lipinski definition) is 2. The first kappa shape index (κ1) is 27.1. The average molecular weight is 405 g/mol. The molecule has 0 radical (unpaired) electrons. The predicted molar refractivity (Wildman–Crippen MR) is 122 cm³/mol. The standard InChI is InChI=1S/C25H40O4/c1-2-3-4-5-6-7-8-9-10-11-12-13-14-15-16-17-18-19-20-21-25(28)29-24(22-26)23-27/h3-4,6-7,9-10,12-13,15-16,24,26-27H,2,5,8,11,14,17-23H2,1H3. The average Bonchev–Trinajstić information content (AvgIpc) is 2.73. The van der Waals surface area contributed by atoms with Gasteiger partial charge in [0.25, 0.3) is 0 Å². The maximum atomic E-state index is 11.5. The van der Waals surface area contributed by atoms with E-state index in [1.807, 2.05) is 0 Å². The van der Waals surface area contributed by atoms with Crippen molar-refractivity contribution in [2.75, 3.05) is 13.2 Å². The topological polar surface area (TPSA) is 66.8 Å². The molecule has 0 saturated carbocycles. The highest BCUT2D eigenvalue weighted by Crippen LogP contribution is 2.06. The van der Waals surface area contributed by atoms with Crippen LogP contribution in [0.2, 0.25) is 0 Å². The smallest absolute Gasteiger partial charge is 0.306 e. The van der Waals surface area contributed by atoms with Crippen molar-refractivity contribution in [1.29, 1.82) is 0 Å². The van der Waals surface area contributed by atoms with E-state index < -0.39 is 6.10 Å². The summed E-state index contributed by atoms with van der Waals surface area (Å²) in [6.45, 7) is 1.46. The lowest BCUT2D eigenvalue weighted by Gasteiger charge is -2.12. The Bertz CT molecular complexity index is 511. The Hall–Kier alpha value is -1.91. The molecule has 0 bridgehead atoms. The number of carbonyl (C=O) groups excluding carboxylic acids is 1. The molecule has 0 unspecified atom stereocenters. The van der Waals surface area contributed by atoms with Gasteiger partial charge in [0.05, 0.1) is 13.2 Å². The van der Waals surface area contributed by atoms with Crippen molar-refractivity contribution in [3.05, 3.63) is 60.8 Å². The van der Waals surface area contributed by atoms with Crippen molar-refractivity contribution in [2.45, 2.75) is 77.2 Å². The highest BCUT2D eigenvalue weighted by Gasteiger charge is 2.11. The summed E-state index contributed by atoms with van der Waals surface area (Å²) in [5.74, 6) is -0.354. The van der Waals surface area contributed by atoms with Gasteiger partial charge < -0.3 is 14.9 Å². The Morgan fingerprint density at radius 2 is 1.21 bits per heavy atom. The molecule has 0 spiro atoms. The molecular weight excluding hydrogens is 364 g/mol. The first-order valence-corrected chi connectivity index (χ1v) is 10.9. The molecule has 0 aliphatic heterocycles. The van der Waals surface area contributed by atoms with Crippen molar-refractivity contribution < 1.29 is 19.7 Å². The van der Waals surface area contributed by atoms with E-state index in [0.717, 1.165) is 57.8 Å². The first-order chi connectivity index (χ1) is 14.2. The third-order valence-corrected chi connectivity index (χ3v) is 4.11. The van der Waals surface area contributed by atoms with Gasteiger partial charge in [-0.1, -0.05) is 74.1 Å². The molecule has 2 N–H and O–H groups in total. The number of ether oxygens (including phenoxy) is 1. The molecule has 0 rings (SSSR count). The lowest BCUT2D eigenvalue weighted by atomic mass is 10.1. The van der Waals surface area contributed by atoms with Gasteiger partial charge in [0, 0.05) is 6.42 Å². The summed E-state index contributed by atoms with van der Waals surface area (Å²) in [6, 6.07) is 0. The second kappa shape index (κ2) is 22.4. The number of aliphatic hydroxyl groups excluding tert-OH is 2. The zero-order valence-corrected chi connectivity index (χ0v) is 18.0. The highest BCUT2D eigenvalue weighted by atomic mass is 16.6. The summed E-state index contributed by atoms with van der Waals surface area (Å²) >= 11 is 0. The number of allylic oxidation sites excluding steroid dienone is 10. The van der Waals surface area contributed by atoms with Gasteiger partial charge in [-0.05, 0) is 51.4 Å². The normalized spacial score (nSPS) is 12.7. The molecule has 0 saturated heterocycles. The fourth-order valence-corrected chi connectivity index (χ4v) is 2.45. The van der Waals surface area contributed by atoms with Gasteiger partial charge in [-0.2, -0.15) is 0 Å². The van der Waals surface area contributed by atoms with E-state index in [-0.39, 0.29) is 19.2 Å². The highest BCUT2D eigenvalue weighted by molar-refractivity contribution is 5.69. The Morgan fingerprint density at radius 1 is 0.724 bits per heavy atom. The second-order valence-corrected chi connectivity index (χ2v) is 6.78. The van der Waals surface area contributed by atoms with Gasteiger partial charge in [-0.25, -0.2) is 0 Å². The van der Waals surface area contributed by atoms with Gasteiger partial charge in [0.15, 0.2) is 0 Å². The third kappa shape index (κ3) is 20.6. The summed E-state index contributed by atoms with van der Waals surface area (Å²) in [5.41, 5.74) is 0. The molecule has 0 aromatic carbocycles. The van der Waals surface area contributed by atoms with Gasteiger partial charge in [0.2, 0.25) is 0 Å². The van der Waals surface area contributed by atoms with E-state index in [9.17, 15) is 4.79 Å². The van der Waals surface area contributed by atoms with Crippen LogP contribution >= 0.6 is 0 Å². The van der Waals surface area contributed by atoms with E-state index >= 15 is 0 Å². The number of hydrogen-bond acceptors (Lipinski definition) is 4. The van der Waals surface area contributed by atoms with E-state index in [1.54, 1.807) is 0 Å². The van der Waals surface area contributed by atoms with Crippen LogP contribution in [0.15, 0.2) is 60.8 Å². The van der Waals surface area contributed by atoms with Crippen molar-refractivity contribution in [3.8, 4) is 0 Å². The minimum absolute atomic E-state index is 0.335. The maximum absolute atomic E-state index is 11.5. The van der Waals surface area contributed by atoms with E-state index in [4.69, 9.17) is 14.9 Å². The summed E-state index contributed by atoms with van der Waals surface area (Å²) in [4.78, 5) is 11.5. The van der Waals surface area contributed by atoms with E-state index in [2.05, 4.69) is 67.7 Å². The Morgan fingerprint density at radius 3 is 1.69 bits per heavy atom. The quantitative estimate of drug-likeness (QED) is 0.178. The summed E-state index contributed by atoms with van der Waals surface area (Å²) in [5, 5.41) is 17.7. The molecule has 0 amide bonds. The molecule has 4 heteroatoms. The number of esters is 1. The molecule has 0 heterocycles. The van der Waals surface area contributed by atoms with Crippen LogP contribution in [0.5, 0.6) is 0 Å². The lowest BCUT2D eigenvalue weighted by molar-refractivity contribution is -0.153. The fourth-order valence-electron chi connectivity index (χ4n) is 2.45. The molecule has 164 valence electrons. The van der Waals surface area contributed by atoms with Gasteiger partial charge in [-0.3, -0.25) is 4.79 Å². The molecule has 0 aromatic rings. The number of aliphatic hydroxyl groups is 2. The van der Waals surface area contributed by atoms with Crippen molar-refractivity contribution in [1.82, 2.24) is 0 Å². The molecule has 0 fully saturated rings. The van der Waals surface area contributed by atoms with Crippen molar-refractivity contribution >= 4 is 5.97 Å².